The van der Waals surface area contributed by atoms with E-state index in [4.69, 9.17) is 10.8 Å². The van der Waals surface area contributed by atoms with Gasteiger partial charge in [-0.25, -0.2) is 9.78 Å². The van der Waals surface area contributed by atoms with E-state index in [2.05, 4.69) is 15.6 Å². The highest BCUT2D eigenvalue weighted by atomic mass is 16.4. The fraction of sp³-hybridized carbons (Fsp3) is 0.500. The molecule has 0 unspecified atom stereocenters. The van der Waals surface area contributed by atoms with Gasteiger partial charge in [-0.3, -0.25) is 0 Å². The fourth-order valence-electron chi connectivity index (χ4n) is 2.29. The summed E-state index contributed by atoms with van der Waals surface area (Å²) in [4.78, 5) is 14.7. The van der Waals surface area contributed by atoms with Gasteiger partial charge in [0.2, 0.25) is 0 Å². The second-order valence-electron chi connectivity index (χ2n) is 4.58. The lowest BCUT2D eigenvalue weighted by Gasteiger charge is -2.29. The van der Waals surface area contributed by atoms with E-state index in [9.17, 15) is 4.79 Å². The molecule has 6 nitrogen and oxygen atoms in total. The Morgan fingerprint density at radius 2 is 2.00 bits per heavy atom. The molecule has 1 fully saturated rings. The SMILES string of the molecule is Nc1cccnc1NC1CCC(NC(=O)O)CC1. The maximum absolute atomic E-state index is 10.5. The molecule has 0 atom stereocenters. The van der Waals surface area contributed by atoms with Crippen molar-refractivity contribution in [2.45, 2.75) is 37.8 Å². The lowest BCUT2D eigenvalue weighted by molar-refractivity contribution is 0.185. The number of amides is 1. The first-order valence-electron chi connectivity index (χ1n) is 6.11. The van der Waals surface area contributed by atoms with Gasteiger partial charge < -0.3 is 21.5 Å². The van der Waals surface area contributed by atoms with Crippen molar-refractivity contribution in [3.05, 3.63) is 18.3 Å². The maximum atomic E-state index is 10.5. The highest BCUT2D eigenvalue weighted by Crippen LogP contribution is 2.23. The molecule has 0 bridgehead atoms. The minimum atomic E-state index is -0.944. The monoisotopic (exact) mass is 250 g/mol. The van der Waals surface area contributed by atoms with E-state index in [1.54, 1.807) is 12.3 Å². The number of rotatable bonds is 3. The molecule has 1 saturated carbocycles. The summed E-state index contributed by atoms with van der Waals surface area (Å²) in [5.74, 6) is 0.715. The third-order valence-electron chi connectivity index (χ3n) is 3.23. The van der Waals surface area contributed by atoms with Crippen molar-refractivity contribution in [3.8, 4) is 0 Å². The minimum Gasteiger partial charge on any atom is -0.465 e. The molecular weight excluding hydrogens is 232 g/mol. The van der Waals surface area contributed by atoms with Crippen molar-refractivity contribution in [1.29, 1.82) is 0 Å². The summed E-state index contributed by atoms with van der Waals surface area (Å²) >= 11 is 0. The zero-order valence-electron chi connectivity index (χ0n) is 10.1. The number of pyridine rings is 1. The molecule has 0 radical (unpaired) electrons. The zero-order valence-corrected chi connectivity index (χ0v) is 10.1. The van der Waals surface area contributed by atoms with E-state index in [1.165, 1.54) is 0 Å². The van der Waals surface area contributed by atoms with Crippen molar-refractivity contribution < 1.29 is 9.90 Å². The van der Waals surface area contributed by atoms with Crippen LogP contribution in [0.15, 0.2) is 18.3 Å². The number of nitrogens with two attached hydrogens (primary N) is 1. The molecule has 1 heterocycles. The van der Waals surface area contributed by atoms with Gasteiger partial charge in [-0.2, -0.15) is 0 Å². The third kappa shape index (κ3) is 3.26. The van der Waals surface area contributed by atoms with Crippen LogP contribution in [0.1, 0.15) is 25.7 Å². The second-order valence-corrected chi connectivity index (χ2v) is 4.58. The summed E-state index contributed by atoms with van der Waals surface area (Å²) in [6, 6.07) is 4.00. The summed E-state index contributed by atoms with van der Waals surface area (Å²) < 4.78 is 0. The van der Waals surface area contributed by atoms with Crippen LogP contribution in [-0.2, 0) is 0 Å². The van der Waals surface area contributed by atoms with Gasteiger partial charge in [-0.1, -0.05) is 0 Å². The number of nitrogens with one attached hydrogen (secondary N) is 2. The Bertz CT molecular complexity index is 416. The molecule has 1 amide bonds. The van der Waals surface area contributed by atoms with Crippen LogP contribution < -0.4 is 16.4 Å². The van der Waals surface area contributed by atoms with Crippen LogP contribution in [-0.4, -0.2) is 28.3 Å². The highest BCUT2D eigenvalue weighted by Gasteiger charge is 2.22. The van der Waals surface area contributed by atoms with Crippen LogP contribution in [0.4, 0.5) is 16.3 Å². The Labute approximate surface area is 106 Å². The fourth-order valence-corrected chi connectivity index (χ4v) is 2.29. The molecule has 5 N–H and O–H groups in total. The number of nitrogens with zero attached hydrogens (tertiary/aromatic N) is 1. The summed E-state index contributed by atoms with van der Waals surface area (Å²) in [6.07, 6.45) is 4.28. The summed E-state index contributed by atoms with van der Waals surface area (Å²) in [5, 5.41) is 14.5. The normalized spacial score (nSPS) is 23.3. The molecule has 2 rings (SSSR count). The Morgan fingerprint density at radius 1 is 1.33 bits per heavy atom. The number of hydrogen-bond donors (Lipinski definition) is 4. The topological polar surface area (TPSA) is 100 Å². The number of carbonyl (C=O) groups is 1. The van der Waals surface area contributed by atoms with E-state index in [0.29, 0.717) is 17.5 Å². The molecule has 0 saturated heterocycles. The van der Waals surface area contributed by atoms with E-state index >= 15 is 0 Å². The number of aromatic nitrogens is 1. The first kappa shape index (κ1) is 12.5. The average Bonchev–Trinajstić information content (AvgIpc) is 2.34. The molecule has 0 aromatic carbocycles. The number of hydrogen-bond acceptors (Lipinski definition) is 4. The van der Waals surface area contributed by atoms with Gasteiger partial charge in [0.25, 0.3) is 0 Å². The molecule has 98 valence electrons. The maximum Gasteiger partial charge on any atom is 0.404 e. The van der Waals surface area contributed by atoms with Gasteiger partial charge in [0.15, 0.2) is 0 Å². The van der Waals surface area contributed by atoms with Crippen LogP contribution in [0.25, 0.3) is 0 Å². The van der Waals surface area contributed by atoms with Crippen LogP contribution in [0, 0.1) is 0 Å². The van der Waals surface area contributed by atoms with Crippen LogP contribution >= 0.6 is 0 Å². The van der Waals surface area contributed by atoms with Crippen LogP contribution in [0.3, 0.4) is 0 Å². The predicted molar refractivity (Wildman–Crippen MR) is 69.5 cm³/mol. The Kier molecular flexibility index (Phi) is 3.86. The molecule has 0 spiro atoms. The molecule has 1 aromatic heterocycles. The average molecular weight is 250 g/mol. The van der Waals surface area contributed by atoms with Crippen molar-refractivity contribution in [3.63, 3.8) is 0 Å². The van der Waals surface area contributed by atoms with Gasteiger partial charge in [-0.05, 0) is 37.8 Å². The molecule has 1 aliphatic carbocycles. The first-order valence-corrected chi connectivity index (χ1v) is 6.11. The van der Waals surface area contributed by atoms with Gasteiger partial charge in [0.05, 0.1) is 5.69 Å². The highest BCUT2D eigenvalue weighted by molar-refractivity contribution is 5.64. The summed E-state index contributed by atoms with van der Waals surface area (Å²) in [5.41, 5.74) is 6.46. The lowest BCUT2D eigenvalue weighted by atomic mass is 9.91. The largest absolute Gasteiger partial charge is 0.465 e. The standard InChI is InChI=1S/C12H18N4O2/c13-10-2-1-7-14-11(10)15-8-3-5-9(6-4-8)16-12(17)18/h1-2,7-9,16H,3-6,13H2,(H,14,15)(H,17,18). The molecule has 1 aromatic rings. The number of nitrogen functional groups attached to an aromatic ring is 1. The molecule has 1 aliphatic rings. The number of carboxylic acid groups (broad SMARTS) is 1. The summed E-state index contributed by atoms with van der Waals surface area (Å²) in [6.45, 7) is 0. The molecular formula is C12H18N4O2. The van der Waals surface area contributed by atoms with Gasteiger partial charge >= 0.3 is 6.09 Å². The van der Waals surface area contributed by atoms with Crippen molar-refractivity contribution in [2.75, 3.05) is 11.1 Å². The Morgan fingerprint density at radius 3 is 2.61 bits per heavy atom. The van der Waals surface area contributed by atoms with E-state index in [-0.39, 0.29) is 6.04 Å². The van der Waals surface area contributed by atoms with E-state index in [1.807, 2.05) is 6.07 Å². The quantitative estimate of drug-likeness (QED) is 0.653. The zero-order chi connectivity index (χ0) is 13.0. The molecule has 18 heavy (non-hydrogen) atoms. The Balaban J connectivity index is 1.84. The van der Waals surface area contributed by atoms with E-state index in [0.717, 1.165) is 25.7 Å². The van der Waals surface area contributed by atoms with E-state index < -0.39 is 6.09 Å². The molecule has 6 heteroatoms. The number of anilines is 2. The second kappa shape index (κ2) is 5.57. The van der Waals surface area contributed by atoms with Gasteiger partial charge in [0, 0.05) is 18.3 Å². The smallest absolute Gasteiger partial charge is 0.404 e. The molecule has 0 aliphatic heterocycles. The van der Waals surface area contributed by atoms with Crippen molar-refractivity contribution in [1.82, 2.24) is 10.3 Å². The van der Waals surface area contributed by atoms with Crippen molar-refractivity contribution in [2.24, 2.45) is 0 Å². The Hall–Kier alpha value is -1.98. The summed E-state index contributed by atoms with van der Waals surface area (Å²) in [7, 11) is 0. The van der Waals surface area contributed by atoms with Crippen LogP contribution in [0.2, 0.25) is 0 Å². The van der Waals surface area contributed by atoms with Crippen molar-refractivity contribution >= 4 is 17.6 Å². The minimum absolute atomic E-state index is 0.0710. The lowest BCUT2D eigenvalue weighted by Crippen LogP contribution is -2.39. The van der Waals surface area contributed by atoms with Gasteiger partial charge in [0.1, 0.15) is 5.82 Å². The third-order valence-corrected chi connectivity index (χ3v) is 3.23. The predicted octanol–water partition coefficient (Wildman–Crippen LogP) is 1.65. The van der Waals surface area contributed by atoms with Crippen LogP contribution in [0.5, 0.6) is 0 Å². The van der Waals surface area contributed by atoms with Gasteiger partial charge in [-0.15, -0.1) is 0 Å². The first-order chi connectivity index (χ1) is 8.65.